The first-order chi connectivity index (χ1) is 15.7. The number of nitrogens with one attached hydrogen (secondary N) is 2. The average Bonchev–Trinajstić information content (AvgIpc) is 3.13. The number of benzene rings is 1. The monoisotopic (exact) mass is 502 g/mol. The van der Waals surface area contributed by atoms with Gasteiger partial charge in [0.1, 0.15) is 5.82 Å². The fourth-order valence-corrected chi connectivity index (χ4v) is 4.83. The van der Waals surface area contributed by atoms with E-state index in [1.54, 1.807) is 6.07 Å². The molecule has 1 atom stereocenters. The van der Waals surface area contributed by atoms with Crippen LogP contribution in [0.4, 0.5) is 19.0 Å². The van der Waals surface area contributed by atoms with Gasteiger partial charge in [0.2, 0.25) is 0 Å². The number of hydrogen-bond donors (Lipinski definition) is 4. The molecule has 0 aliphatic carbocycles. The molecule has 0 saturated heterocycles. The molecule has 3 heterocycles. The zero-order chi connectivity index (χ0) is 23.8. The van der Waals surface area contributed by atoms with Gasteiger partial charge in [0, 0.05) is 60.4 Å². The van der Waals surface area contributed by atoms with Crippen LogP contribution in [-0.2, 0) is 12.6 Å². The van der Waals surface area contributed by atoms with Crippen molar-refractivity contribution in [3.63, 3.8) is 0 Å². The molecular weight excluding hydrogens is 480 g/mol. The molecule has 2 aromatic heterocycles. The Morgan fingerprint density at radius 1 is 1.18 bits per heavy atom. The van der Waals surface area contributed by atoms with Crippen molar-refractivity contribution in [2.75, 3.05) is 38.2 Å². The molecule has 1 aromatic carbocycles. The summed E-state index contributed by atoms with van der Waals surface area (Å²) >= 11 is 11.8. The minimum atomic E-state index is -4.64. The van der Waals surface area contributed by atoms with Gasteiger partial charge in [0.25, 0.3) is 0 Å². The Bertz CT molecular complexity index is 1130. The van der Waals surface area contributed by atoms with Crippen molar-refractivity contribution < 1.29 is 23.4 Å². The number of nitrogens with zero attached hydrogens (tertiary/aromatic N) is 2. The minimum Gasteiger partial charge on any atom is -0.396 e. The molecule has 1 aliphatic rings. The summed E-state index contributed by atoms with van der Waals surface area (Å²) in [6, 6.07) is 7.87. The third kappa shape index (κ3) is 4.93. The van der Waals surface area contributed by atoms with Crippen LogP contribution in [0.2, 0.25) is 10.0 Å². The van der Waals surface area contributed by atoms with Crippen molar-refractivity contribution in [2.24, 2.45) is 5.92 Å². The van der Waals surface area contributed by atoms with Gasteiger partial charge in [0.05, 0.1) is 11.1 Å². The second-order valence-corrected chi connectivity index (χ2v) is 8.86. The van der Waals surface area contributed by atoms with Gasteiger partial charge < -0.3 is 20.5 Å². The maximum atomic E-state index is 13.1. The maximum absolute atomic E-state index is 13.1. The summed E-state index contributed by atoms with van der Waals surface area (Å²) in [5, 5.41) is 23.9. The Kier molecular flexibility index (Phi) is 7.07. The van der Waals surface area contributed by atoms with Crippen LogP contribution in [-0.4, -0.2) is 57.9 Å². The smallest absolute Gasteiger partial charge is 0.396 e. The van der Waals surface area contributed by atoms with E-state index in [1.165, 1.54) is 12.1 Å². The van der Waals surface area contributed by atoms with E-state index < -0.39 is 22.8 Å². The number of rotatable bonds is 7. The molecular formula is C22H23Cl2F3N4O2. The lowest BCUT2D eigenvalue weighted by atomic mass is 9.89. The van der Waals surface area contributed by atoms with E-state index in [9.17, 15) is 23.4 Å². The first-order valence-electron chi connectivity index (χ1n) is 10.5. The Morgan fingerprint density at radius 3 is 2.64 bits per heavy atom. The van der Waals surface area contributed by atoms with E-state index in [2.05, 4.69) is 20.2 Å². The van der Waals surface area contributed by atoms with Gasteiger partial charge in [-0.3, -0.25) is 4.90 Å². The Hall–Kier alpha value is -2.04. The molecule has 3 aromatic rings. The number of aromatic amines is 1. The molecule has 0 radical (unpaired) electrons. The molecule has 6 nitrogen and oxygen atoms in total. The van der Waals surface area contributed by atoms with Gasteiger partial charge in [-0.15, -0.1) is 0 Å². The van der Waals surface area contributed by atoms with E-state index in [0.717, 1.165) is 28.6 Å². The second-order valence-electron chi connectivity index (χ2n) is 8.01. The molecule has 11 heteroatoms. The van der Waals surface area contributed by atoms with Crippen LogP contribution in [0.5, 0.6) is 0 Å². The molecule has 1 unspecified atom stereocenters. The fraction of sp³-hybridized carbons (Fsp3) is 0.409. The van der Waals surface area contributed by atoms with E-state index in [0.29, 0.717) is 24.7 Å². The molecule has 4 N–H and O–H groups in total. The standard InChI is InChI=1S/C22H23Cl2F3N4O2/c23-13-1-3-17-15(9-13)14-5-7-31(20(19(14)29-17)12(10-32)11-33)8-6-28-18-4-2-16(24)21(30-18)22(25,26)27/h1-4,9,12,20,29,32-33H,5-8,10-11H2,(H,28,30). The van der Waals surface area contributed by atoms with Gasteiger partial charge in [-0.2, -0.15) is 13.2 Å². The largest absolute Gasteiger partial charge is 0.434 e. The summed E-state index contributed by atoms with van der Waals surface area (Å²) < 4.78 is 39.2. The summed E-state index contributed by atoms with van der Waals surface area (Å²) in [5.74, 6) is -0.361. The van der Waals surface area contributed by atoms with Crippen LogP contribution in [0, 0.1) is 5.92 Å². The first-order valence-corrected chi connectivity index (χ1v) is 11.2. The molecule has 0 bridgehead atoms. The highest BCUT2D eigenvalue weighted by Gasteiger charge is 2.36. The highest BCUT2D eigenvalue weighted by atomic mass is 35.5. The van der Waals surface area contributed by atoms with Gasteiger partial charge >= 0.3 is 6.18 Å². The third-order valence-corrected chi connectivity index (χ3v) is 6.51. The number of hydrogen-bond acceptors (Lipinski definition) is 5. The molecule has 33 heavy (non-hydrogen) atoms. The van der Waals surface area contributed by atoms with Gasteiger partial charge in [-0.05, 0) is 42.3 Å². The number of H-pyrrole nitrogens is 1. The topological polar surface area (TPSA) is 84.4 Å². The Balaban J connectivity index is 1.55. The van der Waals surface area contributed by atoms with Crippen LogP contribution in [0.25, 0.3) is 10.9 Å². The number of pyridine rings is 1. The lowest BCUT2D eigenvalue weighted by molar-refractivity contribution is -0.141. The Morgan fingerprint density at radius 2 is 1.94 bits per heavy atom. The van der Waals surface area contributed by atoms with Crippen molar-refractivity contribution >= 4 is 39.9 Å². The summed E-state index contributed by atoms with van der Waals surface area (Å²) in [7, 11) is 0. The highest BCUT2D eigenvalue weighted by molar-refractivity contribution is 6.31. The van der Waals surface area contributed by atoms with Crippen molar-refractivity contribution in [1.82, 2.24) is 14.9 Å². The number of aliphatic hydroxyl groups is 2. The van der Waals surface area contributed by atoms with E-state index in [-0.39, 0.29) is 25.1 Å². The fourth-order valence-electron chi connectivity index (χ4n) is 4.45. The van der Waals surface area contributed by atoms with Gasteiger partial charge in [-0.25, -0.2) is 4.98 Å². The van der Waals surface area contributed by atoms with Crippen molar-refractivity contribution in [3.8, 4) is 0 Å². The second kappa shape index (κ2) is 9.68. The van der Waals surface area contributed by atoms with Gasteiger partial charge in [0.15, 0.2) is 5.69 Å². The number of aromatic nitrogens is 2. The van der Waals surface area contributed by atoms with E-state index in [1.807, 2.05) is 12.1 Å². The number of aliphatic hydroxyl groups excluding tert-OH is 2. The molecule has 1 aliphatic heterocycles. The Labute approximate surface area is 198 Å². The van der Waals surface area contributed by atoms with Crippen LogP contribution >= 0.6 is 23.2 Å². The van der Waals surface area contributed by atoms with Crippen molar-refractivity contribution in [3.05, 3.63) is 57.3 Å². The lowest BCUT2D eigenvalue weighted by Crippen LogP contribution is -2.43. The predicted octanol–water partition coefficient (Wildman–Crippen LogP) is 4.50. The first kappa shape index (κ1) is 24.1. The number of alkyl halides is 3. The molecule has 0 saturated carbocycles. The third-order valence-electron chi connectivity index (χ3n) is 5.97. The molecule has 0 fully saturated rings. The van der Waals surface area contributed by atoms with E-state index >= 15 is 0 Å². The SMILES string of the molecule is OCC(CO)C1c2[nH]c3ccc(Cl)cc3c2CCN1CCNc1ccc(Cl)c(C(F)(F)F)n1. The quantitative estimate of drug-likeness (QED) is 0.382. The number of halogens is 5. The minimum absolute atomic E-state index is 0.0714. The molecule has 178 valence electrons. The zero-order valence-electron chi connectivity index (χ0n) is 17.5. The normalized spacial score (nSPS) is 17.0. The van der Waals surface area contributed by atoms with Crippen molar-refractivity contribution in [1.29, 1.82) is 0 Å². The highest BCUT2D eigenvalue weighted by Crippen LogP contribution is 2.39. The zero-order valence-corrected chi connectivity index (χ0v) is 19.0. The summed E-state index contributed by atoms with van der Waals surface area (Å²) in [4.78, 5) is 9.12. The van der Waals surface area contributed by atoms with Crippen LogP contribution in [0.3, 0.4) is 0 Å². The maximum Gasteiger partial charge on any atom is 0.434 e. The molecule has 0 amide bonds. The van der Waals surface area contributed by atoms with Crippen molar-refractivity contribution in [2.45, 2.75) is 18.6 Å². The van der Waals surface area contributed by atoms with Gasteiger partial charge in [-0.1, -0.05) is 23.2 Å². The summed E-state index contributed by atoms with van der Waals surface area (Å²) in [5.41, 5.74) is 1.81. The van der Waals surface area contributed by atoms with Crippen LogP contribution < -0.4 is 5.32 Å². The van der Waals surface area contributed by atoms with Crippen LogP contribution in [0.1, 0.15) is 23.0 Å². The molecule has 4 rings (SSSR count). The lowest BCUT2D eigenvalue weighted by Gasteiger charge is -2.39. The van der Waals surface area contributed by atoms with Crippen LogP contribution in [0.15, 0.2) is 30.3 Å². The predicted molar refractivity (Wildman–Crippen MR) is 122 cm³/mol. The number of fused-ring (bicyclic) bond motifs is 3. The summed E-state index contributed by atoms with van der Waals surface area (Å²) in [6.07, 6.45) is -3.91. The molecule has 0 spiro atoms. The number of anilines is 1. The average molecular weight is 503 g/mol. The van der Waals surface area contributed by atoms with E-state index in [4.69, 9.17) is 23.2 Å². The summed E-state index contributed by atoms with van der Waals surface area (Å²) in [6.45, 7) is 0.996.